The summed E-state index contributed by atoms with van der Waals surface area (Å²) < 4.78 is 65.2. The molecule has 0 saturated carbocycles. The number of hydrogen-bond donors (Lipinski definition) is 2. The molecule has 3 aromatic rings. The van der Waals surface area contributed by atoms with Gasteiger partial charge in [-0.25, -0.2) is 13.1 Å². The molecule has 10 heteroatoms. The van der Waals surface area contributed by atoms with Crippen LogP contribution >= 0.6 is 22.7 Å². The molecule has 3 rings (SSSR count). The van der Waals surface area contributed by atoms with Crippen LogP contribution in [0.1, 0.15) is 26.3 Å². The Hall–Kier alpha value is -1.72. The lowest BCUT2D eigenvalue weighted by atomic mass is 10.2. The molecule has 2 aromatic heterocycles. The van der Waals surface area contributed by atoms with E-state index in [0.29, 0.717) is 15.8 Å². The Kier molecular flexibility index (Phi) is 5.73. The standard InChI is InChI=1S/C17H14F3NO3S3/c18-17(19,20)11-3-1-4-13(9-11)27(23,24)21-10-12-6-7-15(26-12)16(22)14-5-2-8-25-14/h1-9,16,21-22H,10H2. The second-order valence-corrected chi connectivity index (χ2v) is 9.52. The number of aliphatic hydroxyl groups is 1. The van der Waals surface area contributed by atoms with Crippen molar-refractivity contribution in [3.63, 3.8) is 0 Å². The number of nitrogens with one attached hydrogen (secondary N) is 1. The Morgan fingerprint density at radius 3 is 2.52 bits per heavy atom. The van der Waals surface area contributed by atoms with Crippen LogP contribution in [0, 0.1) is 0 Å². The number of hydrogen-bond acceptors (Lipinski definition) is 5. The van der Waals surface area contributed by atoms with E-state index in [1.165, 1.54) is 22.7 Å². The van der Waals surface area contributed by atoms with Crippen LogP contribution in [0.2, 0.25) is 0 Å². The molecule has 1 aromatic carbocycles. The molecule has 0 aliphatic heterocycles. The first-order chi connectivity index (χ1) is 12.7. The first-order valence-corrected chi connectivity index (χ1v) is 10.8. The van der Waals surface area contributed by atoms with Crippen LogP contribution in [0.5, 0.6) is 0 Å². The number of sulfonamides is 1. The van der Waals surface area contributed by atoms with E-state index in [9.17, 15) is 26.7 Å². The van der Waals surface area contributed by atoms with Crippen molar-refractivity contribution in [1.29, 1.82) is 0 Å². The Balaban J connectivity index is 1.71. The zero-order chi connectivity index (χ0) is 19.7. The molecule has 2 N–H and O–H groups in total. The first-order valence-electron chi connectivity index (χ1n) is 7.64. The summed E-state index contributed by atoms with van der Waals surface area (Å²) in [6.45, 7) is -0.0829. The highest BCUT2D eigenvalue weighted by Gasteiger charge is 2.31. The summed E-state index contributed by atoms with van der Waals surface area (Å²) in [5.41, 5.74) is -1.03. The van der Waals surface area contributed by atoms with Crippen molar-refractivity contribution in [3.8, 4) is 0 Å². The van der Waals surface area contributed by atoms with E-state index in [2.05, 4.69) is 4.72 Å². The number of thiophene rings is 2. The Morgan fingerprint density at radius 2 is 1.85 bits per heavy atom. The summed E-state index contributed by atoms with van der Waals surface area (Å²) in [7, 11) is -4.10. The highest BCUT2D eigenvalue weighted by molar-refractivity contribution is 7.89. The monoisotopic (exact) mass is 433 g/mol. The van der Waals surface area contributed by atoms with Gasteiger partial charge in [0.05, 0.1) is 10.5 Å². The normalized spacial score (nSPS) is 13.6. The van der Waals surface area contributed by atoms with E-state index in [4.69, 9.17) is 0 Å². The lowest BCUT2D eigenvalue weighted by Crippen LogP contribution is -2.23. The Morgan fingerprint density at radius 1 is 1.07 bits per heavy atom. The largest absolute Gasteiger partial charge is 0.416 e. The molecule has 2 heterocycles. The Labute approximate surface area is 162 Å². The van der Waals surface area contributed by atoms with E-state index < -0.39 is 32.8 Å². The highest BCUT2D eigenvalue weighted by Crippen LogP contribution is 2.32. The van der Waals surface area contributed by atoms with Gasteiger partial charge in [0.2, 0.25) is 10.0 Å². The smallest absolute Gasteiger partial charge is 0.382 e. The van der Waals surface area contributed by atoms with Crippen molar-refractivity contribution < 1.29 is 26.7 Å². The highest BCUT2D eigenvalue weighted by atomic mass is 32.2. The fourth-order valence-corrected chi connectivity index (χ4v) is 5.22. The van der Waals surface area contributed by atoms with Crippen molar-refractivity contribution >= 4 is 32.7 Å². The molecule has 1 unspecified atom stereocenters. The van der Waals surface area contributed by atoms with E-state index in [-0.39, 0.29) is 6.54 Å². The molecule has 0 radical (unpaired) electrons. The van der Waals surface area contributed by atoms with Crippen molar-refractivity contribution in [3.05, 3.63) is 74.1 Å². The molecule has 0 fully saturated rings. The van der Waals surface area contributed by atoms with Crippen LogP contribution in [0.3, 0.4) is 0 Å². The maximum atomic E-state index is 12.8. The summed E-state index contributed by atoms with van der Waals surface area (Å²) >= 11 is 2.64. The van der Waals surface area contributed by atoms with Gasteiger partial charge >= 0.3 is 6.18 Å². The molecule has 1 atom stereocenters. The predicted molar refractivity (Wildman–Crippen MR) is 98.2 cm³/mol. The molecule has 27 heavy (non-hydrogen) atoms. The Bertz CT molecular complexity index is 1010. The molecule has 4 nitrogen and oxygen atoms in total. The van der Waals surface area contributed by atoms with E-state index in [0.717, 1.165) is 23.1 Å². The zero-order valence-corrected chi connectivity index (χ0v) is 16.1. The van der Waals surface area contributed by atoms with Crippen molar-refractivity contribution in [2.24, 2.45) is 0 Å². The summed E-state index contributed by atoms with van der Waals surface area (Å²) in [4.78, 5) is 1.61. The van der Waals surface area contributed by atoms with Crippen LogP contribution in [-0.2, 0) is 22.7 Å². The number of alkyl halides is 3. The number of rotatable bonds is 6. The van der Waals surface area contributed by atoms with Crippen molar-refractivity contribution in [2.45, 2.75) is 23.7 Å². The molecule has 0 saturated heterocycles. The fraction of sp³-hybridized carbons (Fsp3) is 0.176. The van der Waals surface area contributed by atoms with Crippen molar-refractivity contribution in [2.75, 3.05) is 0 Å². The minimum absolute atomic E-state index is 0.0829. The van der Waals surface area contributed by atoms with Gasteiger partial charge in [-0.05, 0) is 41.8 Å². The summed E-state index contributed by atoms with van der Waals surface area (Å²) in [6.07, 6.45) is -5.41. The van der Waals surface area contributed by atoms with Gasteiger partial charge in [-0.3, -0.25) is 0 Å². The van der Waals surface area contributed by atoms with E-state index in [1.54, 1.807) is 18.2 Å². The van der Waals surface area contributed by atoms with E-state index in [1.807, 2.05) is 11.4 Å². The van der Waals surface area contributed by atoms with Crippen LogP contribution < -0.4 is 4.72 Å². The minimum Gasteiger partial charge on any atom is -0.382 e. The van der Waals surface area contributed by atoms with Gasteiger partial charge in [0.25, 0.3) is 0 Å². The third kappa shape index (κ3) is 4.77. The lowest BCUT2D eigenvalue weighted by molar-refractivity contribution is -0.137. The second-order valence-electron chi connectivity index (χ2n) is 5.57. The number of halogens is 3. The molecular weight excluding hydrogens is 419 g/mol. The van der Waals surface area contributed by atoms with Crippen LogP contribution in [0.25, 0.3) is 0 Å². The van der Waals surface area contributed by atoms with Gasteiger partial charge < -0.3 is 5.11 Å². The maximum Gasteiger partial charge on any atom is 0.416 e. The van der Waals surface area contributed by atoms with Gasteiger partial charge in [-0.1, -0.05) is 12.1 Å². The van der Waals surface area contributed by atoms with Crippen LogP contribution in [0.4, 0.5) is 13.2 Å². The molecule has 0 aliphatic carbocycles. The summed E-state index contributed by atoms with van der Waals surface area (Å²) in [6, 6.07) is 10.6. The fourth-order valence-electron chi connectivity index (χ4n) is 2.31. The maximum absolute atomic E-state index is 12.8. The number of benzene rings is 1. The predicted octanol–water partition coefficient (Wildman–Crippen LogP) is 4.39. The third-order valence-corrected chi connectivity index (χ3v) is 7.13. The molecule has 0 bridgehead atoms. The average molecular weight is 433 g/mol. The topological polar surface area (TPSA) is 66.4 Å². The van der Waals surface area contributed by atoms with E-state index >= 15 is 0 Å². The third-order valence-electron chi connectivity index (χ3n) is 3.67. The van der Waals surface area contributed by atoms with Gasteiger partial charge in [0, 0.05) is 21.2 Å². The molecule has 0 amide bonds. The molecule has 0 spiro atoms. The van der Waals surface area contributed by atoms with Gasteiger partial charge in [-0.2, -0.15) is 13.2 Å². The van der Waals surface area contributed by atoms with Gasteiger partial charge in [0.1, 0.15) is 6.10 Å². The first kappa shape index (κ1) is 20.0. The summed E-state index contributed by atoms with van der Waals surface area (Å²) in [5, 5.41) is 12.1. The van der Waals surface area contributed by atoms with Gasteiger partial charge in [-0.15, -0.1) is 22.7 Å². The van der Waals surface area contributed by atoms with Crippen molar-refractivity contribution in [1.82, 2.24) is 4.72 Å². The molecule has 0 aliphatic rings. The quantitative estimate of drug-likeness (QED) is 0.606. The van der Waals surface area contributed by atoms with Gasteiger partial charge in [0.15, 0.2) is 0 Å². The second kappa shape index (κ2) is 7.72. The van der Waals surface area contributed by atoms with Crippen LogP contribution in [0.15, 0.2) is 58.8 Å². The molecule has 144 valence electrons. The van der Waals surface area contributed by atoms with Crippen LogP contribution in [-0.4, -0.2) is 13.5 Å². The minimum atomic E-state index is -4.62. The number of aliphatic hydroxyl groups excluding tert-OH is 1. The summed E-state index contributed by atoms with van der Waals surface area (Å²) in [5.74, 6) is 0. The average Bonchev–Trinajstić information content (AvgIpc) is 3.31. The lowest BCUT2D eigenvalue weighted by Gasteiger charge is -2.10. The SMILES string of the molecule is O=S(=O)(NCc1ccc(C(O)c2cccs2)s1)c1cccc(C(F)(F)F)c1. The molecular formula is C17H14F3NO3S3. The zero-order valence-electron chi connectivity index (χ0n) is 13.6.